The number of hydrogen-bond donors (Lipinski definition) is 1. The molecule has 1 aromatic rings. The van der Waals surface area contributed by atoms with Gasteiger partial charge in [-0.05, 0) is 30.5 Å². The van der Waals surface area contributed by atoms with Crippen LogP contribution in [0, 0.1) is 0 Å². The van der Waals surface area contributed by atoms with E-state index in [0.717, 1.165) is 24.2 Å². The molecule has 17 heavy (non-hydrogen) atoms. The molecule has 0 radical (unpaired) electrons. The fourth-order valence-corrected chi connectivity index (χ4v) is 1.43. The predicted octanol–water partition coefficient (Wildman–Crippen LogP) is 1.87. The van der Waals surface area contributed by atoms with Crippen molar-refractivity contribution in [3.63, 3.8) is 0 Å². The van der Waals surface area contributed by atoms with Gasteiger partial charge in [0.1, 0.15) is 5.75 Å². The zero-order chi connectivity index (χ0) is 12.5. The number of hydrogen-bond acceptors (Lipinski definition) is 4. The van der Waals surface area contributed by atoms with Gasteiger partial charge in [0.05, 0.1) is 13.7 Å². The molecule has 0 saturated heterocycles. The molecule has 0 aliphatic carbocycles. The van der Waals surface area contributed by atoms with E-state index in [4.69, 9.17) is 10.5 Å². The summed E-state index contributed by atoms with van der Waals surface area (Å²) >= 11 is 0. The van der Waals surface area contributed by atoms with Gasteiger partial charge in [0.2, 0.25) is 0 Å². The fourth-order valence-electron chi connectivity index (χ4n) is 1.43. The maximum atomic E-state index is 10.9. The Hall–Kier alpha value is -1.55. The Labute approximate surface area is 102 Å². The first-order valence-electron chi connectivity index (χ1n) is 5.75. The summed E-state index contributed by atoms with van der Waals surface area (Å²) in [4.78, 5) is 10.9. The minimum atomic E-state index is -0.171. The highest BCUT2D eigenvalue weighted by atomic mass is 16.5. The van der Waals surface area contributed by atoms with Crippen molar-refractivity contribution >= 4 is 5.97 Å². The highest BCUT2D eigenvalue weighted by Crippen LogP contribution is 2.13. The van der Waals surface area contributed by atoms with E-state index >= 15 is 0 Å². The average Bonchev–Trinajstić information content (AvgIpc) is 2.38. The van der Waals surface area contributed by atoms with Crippen LogP contribution >= 0.6 is 0 Å². The maximum Gasteiger partial charge on any atom is 0.305 e. The van der Waals surface area contributed by atoms with Crippen LogP contribution in [0.1, 0.15) is 24.8 Å². The van der Waals surface area contributed by atoms with Crippen LogP contribution in [0.15, 0.2) is 24.3 Å². The van der Waals surface area contributed by atoms with Crippen LogP contribution in [0.4, 0.5) is 0 Å². The molecule has 0 fully saturated rings. The average molecular weight is 237 g/mol. The third-order valence-corrected chi connectivity index (χ3v) is 2.41. The zero-order valence-corrected chi connectivity index (χ0v) is 10.1. The lowest BCUT2D eigenvalue weighted by Gasteiger charge is -2.07. The van der Waals surface area contributed by atoms with Crippen molar-refractivity contribution in [3.8, 4) is 5.75 Å². The Kier molecular flexibility index (Phi) is 6.10. The number of carbonyl (C=O) groups is 1. The standard InChI is InChI=1S/C13H19NO3/c1-16-13(15)7-2-3-8-17-12-6-4-5-11(9-12)10-14/h4-6,9H,2-3,7-8,10,14H2,1H3. The van der Waals surface area contributed by atoms with Crippen molar-refractivity contribution in [2.45, 2.75) is 25.8 Å². The van der Waals surface area contributed by atoms with E-state index in [-0.39, 0.29) is 5.97 Å². The summed E-state index contributed by atoms with van der Waals surface area (Å²) in [5.41, 5.74) is 6.59. The van der Waals surface area contributed by atoms with Gasteiger partial charge in [-0.25, -0.2) is 0 Å². The Balaban J connectivity index is 2.19. The highest BCUT2D eigenvalue weighted by Gasteiger charge is 2.00. The summed E-state index contributed by atoms with van der Waals surface area (Å²) in [6.45, 7) is 1.12. The first-order valence-corrected chi connectivity index (χ1v) is 5.75. The molecule has 0 aromatic heterocycles. The summed E-state index contributed by atoms with van der Waals surface area (Å²) in [5, 5.41) is 0. The first-order chi connectivity index (χ1) is 8.26. The molecule has 2 N–H and O–H groups in total. The fraction of sp³-hybridized carbons (Fsp3) is 0.462. The van der Waals surface area contributed by atoms with Crippen molar-refractivity contribution in [1.82, 2.24) is 0 Å². The predicted molar refractivity (Wildman–Crippen MR) is 65.7 cm³/mol. The first kappa shape index (κ1) is 13.5. The van der Waals surface area contributed by atoms with Gasteiger partial charge in [0.15, 0.2) is 0 Å². The van der Waals surface area contributed by atoms with E-state index in [9.17, 15) is 4.79 Å². The van der Waals surface area contributed by atoms with E-state index in [1.54, 1.807) is 0 Å². The molecule has 0 atom stereocenters. The molecular formula is C13H19NO3. The molecule has 4 heteroatoms. The van der Waals surface area contributed by atoms with E-state index < -0.39 is 0 Å². The summed E-state index contributed by atoms with van der Waals surface area (Å²) < 4.78 is 10.1. The van der Waals surface area contributed by atoms with Gasteiger partial charge in [0, 0.05) is 13.0 Å². The third kappa shape index (κ3) is 5.36. The second kappa shape index (κ2) is 7.68. The zero-order valence-electron chi connectivity index (χ0n) is 10.1. The number of methoxy groups -OCH3 is 1. The van der Waals surface area contributed by atoms with E-state index in [0.29, 0.717) is 19.6 Å². The molecule has 1 rings (SSSR count). The Bertz CT molecular complexity index is 352. The smallest absolute Gasteiger partial charge is 0.305 e. The van der Waals surface area contributed by atoms with E-state index in [1.165, 1.54) is 7.11 Å². The number of unbranched alkanes of at least 4 members (excludes halogenated alkanes) is 1. The van der Waals surface area contributed by atoms with Crippen molar-refractivity contribution in [2.75, 3.05) is 13.7 Å². The third-order valence-electron chi connectivity index (χ3n) is 2.41. The second-order valence-electron chi connectivity index (χ2n) is 3.73. The molecule has 0 aliphatic heterocycles. The molecular weight excluding hydrogens is 218 g/mol. The lowest BCUT2D eigenvalue weighted by molar-refractivity contribution is -0.140. The lowest BCUT2D eigenvalue weighted by Crippen LogP contribution is -2.03. The van der Waals surface area contributed by atoms with Crippen LogP contribution in [0.25, 0.3) is 0 Å². The summed E-state index contributed by atoms with van der Waals surface area (Å²) in [7, 11) is 1.40. The molecule has 1 aromatic carbocycles. The minimum absolute atomic E-state index is 0.171. The normalized spacial score (nSPS) is 10.0. The van der Waals surface area contributed by atoms with Crippen LogP contribution in [0.2, 0.25) is 0 Å². The molecule has 0 spiro atoms. The molecule has 0 saturated carbocycles. The van der Waals surface area contributed by atoms with Crippen LogP contribution in [0.5, 0.6) is 5.75 Å². The highest BCUT2D eigenvalue weighted by molar-refractivity contribution is 5.68. The van der Waals surface area contributed by atoms with Gasteiger partial charge in [-0.1, -0.05) is 12.1 Å². The van der Waals surface area contributed by atoms with Crippen molar-refractivity contribution in [3.05, 3.63) is 29.8 Å². The number of esters is 1. The number of benzene rings is 1. The molecule has 0 amide bonds. The van der Waals surface area contributed by atoms with Crippen molar-refractivity contribution in [1.29, 1.82) is 0 Å². The molecule has 94 valence electrons. The number of carbonyl (C=O) groups excluding carboxylic acids is 1. The quantitative estimate of drug-likeness (QED) is 0.581. The summed E-state index contributed by atoms with van der Waals surface area (Å²) in [5.74, 6) is 0.654. The largest absolute Gasteiger partial charge is 0.494 e. The number of nitrogens with two attached hydrogens (primary N) is 1. The Morgan fingerprint density at radius 2 is 2.18 bits per heavy atom. The van der Waals surface area contributed by atoms with Crippen molar-refractivity contribution in [2.24, 2.45) is 5.73 Å². The molecule has 0 heterocycles. The van der Waals surface area contributed by atoms with Gasteiger partial charge in [-0.2, -0.15) is 0 Å². The molecule has 0 aliphatic rings. The summed E-state index contributed by atoms with van der Waals surface area (Å²) in [6.07, 6.45) is 2.06. The Morgan fingerprint density at radius 1 is 1.35 bits per heavy atom. The number of rotatable bonds is 7. The topological polar surface area (TPSA) is 61.5 Å². The second-order valence-corrected chi connectivity index (χ2v) is 3.73. The maximum absolute atomic E-state index is 10.9. The van der Waals surface area contributed by atoms with Gasteiger partial charge < -0.3 is 15.2 Å². The van der Waals surface area contributed by atoms with Gasteiger partial charge in [-0.15, -0.1) is 0 Å². The van der Waals surface area contributed by atoms with Gasteiger partial charge >= 0.3 is 5.97 Å². The van der Waals surface area contributed by atoms with E-state index in [1.807, 2.05) is 24.3 Å². The molecule has 0 unspecified atom stereocenters. The lowest BCUT2D eigenvalue weighted by atomic mass is 10.2. The SMILES string of the molecule is COC(=O)CCCCOc1cccc(CN)c1. The van der Waals surface area contributed by atoms with E-state index in [2.05, 4.69) is 4.74 Å². The van der Waals surface area contributed by atoms with Gasteiger partial charge in [0.25, 0.3) is 0 Å². The van der Waals surface area contributed by atoms with Crippen molar-refractivity contribution < 1.29 is 14.3 Å². The van der Waals surface area contributed by atoms with Gasteiger partial charge in [-0.3, -0.25) is 4.79 Å². The Morgan fingerprint density at radius 3 is 2.88 bits per heavy atom. The van der Waals surface area contributed by atoms with Crippen LogP contribution in [-0.2, 0) is 16.1 Å². The molecule has 0 bridgehead atoms. The number of ether oxygens (including phenoxy) is 2. The van der Waals surface area contributed by atoms with Crippen LogP contribution < -0.4 is 10.5 Å². The molecule has 4 nitrogen and oxygen atoms in total. The van der Waals surface area contributed by atoms with Crippen LogP contribution in [-0.4, -0.2) is 19.7 Å². The monoisotopic (exact) mass is 237 g/mol. The summed E-state index contributed by atoms with van der Waals surface area (Å²) in [6, 6.07) is 7.72. The minimum Gasteiger partial charge on any atom is -0.494 e. The van der Waals surface area contributed by atoms with Crippen LogP contribution in [0.3, 0.4) is 0 Å².